The zero-order valence-corrected chi connectivity index (χ0v) is 16.0. The maximum atomic E-state index is 12.7. The van der Waals surface area contributed by atoms with E-state index < -0.39 is 11.7 Å². The second-order valence-corrected chi connectivity index (χ2v) is 7.35. The lowest BCUT2D eigenvalue weighted by atomic mass is 10.1. The first-order chi connectivity index (χ1) is 13.8. The van der Waals surface area contributed by atoms with Crippen molar-refractivity contribution in [2.45, 2.75) is 32.4 Å². The number of rotatable bonds is 4. The molecule has 1 saturated carbocycles. The topological polar surface area (TPSA) is 46.9 Å². The molecule has 1 aliphatic carbocycles. The predicted molar refractivity (Wildman–Crippen MR) is 104 cm³/mol. The number of aryl methyl sites for hydroxylation is 1. The number of hydrogen-bond donors (Lipinski definition) is 1. The first-order valence-corrected chi connectivity index (χ1v) is 9.35. The summed E-state index contributed by atoms with van der Waals surface area (Å²) in [5, 5.41) is 7.48. The Morgan fingerprint density at radius 2 is 1.72 bits per heavy atom. The molecular weight excluding hydrogens is 379 g/mol. The normalized spacial score (nSPS) is 18.5. The van der Waals surface area contributed by atoms with Crippen LogP contribution in [0.2, 0.25) is 0 Å². The molecule has 2 aromatic carbocycles. The van der Waals surface area contributed by atoms with Gasteiger partial charge in [-0.15, -0.1) is 0 Å². The number of halogens is 3. The number of carbonyl (C=O) groups is 1. The second kappa shape index (κ2) is 7.06. The van der Waals surface area contributed by atoms with E-state index in [-0.39, 0.29) is 17.7 Å². The fraction of sp³-hybridized carbons (Fsp3) is 0.273. The van der Waals surface area contributed by atoms with Crippen LogP contribution in [0.4, 0.5) is 18.9 Å². The summed E-state index contributed by atoms with van der Waals surface area (Å²) in [6.45, 7) is 3.73. The average Bonchev–Trinajstić information content (AvgIpc) is 3.45. The molecule has 1 aliphatic rings. The summed E-state index contributed by atoms with van der Waals surface area (Å²) < 4.78 is 39.9. The number of benzene rings is 2. The zero-order valence-electron chi connectivity index (χ0n) is 16.0. The molecule has 150 valence electrons. The number of amides is 1. The van der Waals surface area contributed by atoms with Crippen molar-refractivity contribution in [3.05, 3.63) is 77.1 Å². The van der Waals surface area contributed by atoms with Gasteiger partial charge in [-0.1, -0.05) is 30.3 Å². The van der Waals surface area contributed by atoms with Gasteiger partial charge in [-0.2, -0.15) is 18.3 Å². The Balaban J connectivity index is 1.47. The summed E-state index contributed by atoms with van der Waals surface area (Å²) in [5.74, 6) is -0.429. The monoisotopic (exact) mass is 399 g/mol. The fourth-order valence-corrected chi connectivity index (χ4v) is 3.63. The molecule has 1 fully saturated rings. The van der Waals surface area contributed by atoms with E-state index in [2.05, 4.69) is 10.4 Å². The van der Waals surface area contributed by atoms with Gasteiger partial charge in [0.1, 0.15) is 0 Å². The molecule has 2 unspecified atom stereocenters. The largest absolute Gasteiger partial charge is 0.416 e. The van der Waals surface area contributed by atoms with Crippen molar-refractivity contribution in [1.29, 1.82) is 0 Å². The molecule has 4 rings (SSSR count). The van der Waals surface area contributed by atoms with Gasteiger partial charge in [-0.25, -0.2) is 4.68 Å². The highest BCUT2D eigenvalue weighted by Crippen LogP contribution is 2.48. The molecule has 29 heavy (non-hydrogen) atoms. The van der Waals surface area contributed by atoms with Gasteiger partial charge in [0, 0.05) is 5.92 Å². The number of aromatic nitrogens is 2. The zero-order chi connectivity index (χ0) is 20.8. The summed E-state index contributed by atoms with van der Waals surface area (Å²) >= 11 is 0. The van der Waals surface area contributed by atoms with Crippen LogP contribution in [0.5, 0.6) is 0 Å². The Morgan fingerprint density at radius 1 is 1.07 bits per heavy atom. The quantitative estimate of drug-likeness (QED) is 0.651. The van der Waals surface area contributed by atoms with E-state index in [9.17, 15) is 18.0 Å². The molecule has 0 radical (unpaired) electrons. The van der Waals surface area contributed by atoms with E-state index in [1.54, 1.807) is 4.68 Å². The minimum atomic E-state index is -4.35. The number of hydrogen-bond acceptors (Lipinski definition) is 2. The summed E-state index contributed by atoms with van der Waals surface area (Å²) in [4.78, 5) is 12.7. The maximum absolute atomic E-state index is 12.7. The first-order valence-electron chi connectivity index (χ1n) is 9.35. The van der Waals surface area contributed by atoms with Crippen molar-refractivity contribution < 1.29 is 18.0 Å². The lowest BCUT2D eigenvalue weighted by molar-refractivity contribution is -0.137. The number of para-hydroxylation sites is 1. The molecule has 1 N–H and O–H groups in total. The Kier molecular flexibility index (Phi) is 4.68. The summed E-state index contributed by atoms with van der Waals surface area (Å²) in [6.07, 6.45) is -3.73. The number of alkyl halides is 3. The van der Waals surface area contributed by atoms with Gasteiger partial charge in [0.05, 0.1) is 28.3 Å². The average molecular weight is 399 g/mol. The van der Waals surface area contributed by atoms with Gasteiger partial charge in [-0.3, -0.25) is 4.79 Å². The molecule has 0 saturated heterocycles. The molecule has 0 bridgehead atoms. The van der Waals surface area contributed by atoms with Gasteiger partial charge in [0.25, 0.3) is 0 Å². The number of nitrogens with zero attached hydrogens (tertiary/aromatic N) is 2. The lowest BCUT2D eigenvalue weighted by Crippen LogP contribution is -2.15. The Bertz CT molecular complexity index is 1040. The van der Waals surface area contributed by atoms with Crippen LogP contribution in [0.3, 0.4) is 0 Å². The highest BCUT2D eigenvalue weighted by atomic mass is 19.4. The SMILES string of the molecule is Cc1nn(-c2ccccc2)c(C)c1NC(=O)C1CC1c1ccc(C(F)(F)F)cc1. The van der Waals surface area contributed by atoms with Gasteiger partial charge in [-0.05, 0) is 56.0 Å². The standard InChI is InChI=1S/C22H20F3N3O/c1-13-20(14(2)28(27-13)17-6-4-3-5-7-17)26-21(29)19-12-18(19)15-8-10-16(11-9-15)22(23,24)25/h3-11,18-19H,12H2,1-2H3,(H,26,29). The van der Waals surface area contributed by atoms with Gasteiger partial charge < -0.3 is 5.32 Å². The van der Waals surface area contributed by atoms with Crippen LogP contribution in [0.15, 0.2) is 54.6 Å². The van der Waals surface area contributed by atoms with E-state index in [1.165, 1.54) is 12.1 Å². The fourth-order valence-electron chi connectivity index (χ4n) is 3.63. The van der Waals surface area contributed by atoms with Crippen LogP contribution in [0, 0.1) is 19.8 Å². The molecule has 1 aromatic heterocycles. The van der Waals surface area contributed by atoms with Crippen LogP contribution >= 0.6 is 0 Å². The lowest BCUT2D eigenvalue weighted by Gasteiger charge is -2.08. The van der Waals surface area contributed by atoms with Crippen LogP contribution < -0.4 is 5.32 Å². The second-order valence-electron chi connectivity index (χ2n) is 7.35. The third-order valence-electron chi connectivity index (χ3n) is 5.33. The summed E-state index contributed by atoms with van der Waals surface area (Å²) in [7, 11) is 0. The van der Waals surface area contributed by atoms with Gasteiger partial charge >= 0.3 is 6.18 Å². The Morgan fingerprint density at radius 3 is 2.34 bits per heavy atom. The third kappa shape index (κ3) is 3.77. The van der Waals surface area contributed by atoms with Crippen molar-refractivity contribution in [2.24, 2.45) is 5.92 Å². The van der Waals surface area contributed by atoms with Gasteiger partial charge in [0.2, 0.25) is 5.91 Å². The van der Waals surface area contributed by atoms with Crippen LogP contribution in [-0.2, 0) is 11.0 Å². The third-order valence-corrected chi connectivity index (χ3v) is 5.33. The van der Waals surface area contributed by atoms with Crippen molar-refractivity contribution in [2.75, 3.05) is 5.32 Å². The Labute approximate surface area is 166 Å². The first kappa shape index (κ1) is 19.2. The number of carbonyl (C=O) groups excluding carboxylic acids is 1. The van der Waals surface area contributed by atoms with Gasteiger partial charge in [0.15, 0.2) is 0 Å². The van der Waals surface area contributed by atoms with E-state index in [4.69, 9.17) is 0 Å². The molecule has 0 aliphatic heterocycles. The number of nitrogens with one attached hydrogen (secondary N) is 1. The van der Waals surface area contributed by atoms with E-state index in [1.807, 2.05) is 44.2 Å². The maximum Gasteiger partial charge on any atom is 0.416 e. The van der Waals surface area contributed by atoms with Crippen molar-refractivity contribution in [1.82, 2.24) is 9.78 Å². The molecular formula is C22H20F3N3O. The predicted octanol–water partition coefficient (Wildman–Crippen LogP) is 5.25. The minimum absolute atomic E-state index is 0.0536. The van der Waals surface area contributed by atoms with Crippen LogP contribution in [-0.4, -0.2) is 15.7 Å². The summed E-state index contributed by atoms with van der Waals surface area (Å²) in [5.41, 5.74) is 3.20. The number of anilines is 1. The highest BCUT2D eigenvalue weighted by Gasteiger charge is 2.44. The Hall–Kier alpha value is -3.09. The van der Waals surface area contributed by atoms with Crippen molar-refractivity contribution >= 4 is 11.6 Å². The smallest absolute Gasteiger partial charge is 0.323 e. The van der Waals surface area contributed by atoms with E-state index in [0.717, 1.165) is 29.1 Å². The molecule has 0 spiro atoms. The minimum Gasteiger partial charge on any atom is -0.323 e. The van der Waals surface area contributed by atoms with E-state index >= 15 is 0 Å². The molecule has 7 heteroatoms. The molecule has 2 atom stereocenters. The van der Waals surface area contributed by atoms with Crippen LogP contribution in [0.25, 0.3) is 5.69 Å². The highest BCUT2D eigenvalue weighted by molar-refractivity contribution is 5.96. The molecule has 4 nitrogen and oxygen atoms in total. The van der Waals surface area contributed by atoms with Crippen LogP contribution in [0.1, 0.15) is 34.9 Å². The van der Waals surface area contributed by atoms with Crippen molar-refractivity contribution in [3.63, 3.8) is 0 Å². The summed E-state index contributed by atoms with van der Waals surface area (Å²) in [6, 6.07) is 14.7. The van der Waals surface area contributed by atoms with Crippen molar-refractivity contribution in [3.8, 4) is 5.69 Å². The molecule has 1 amide bonds. The molecule has 1 heterocycles. The molecule has 3 aromatic rings. The van der Waals surface area contributed by atoms with E-state index in [0.29, 0.717) is 17.8 Å².